The quantitative estimate of drug-likeness (QED) is 0.402. The standard InChI is InChI=1S/C26H24F3N5O/c1-33-11-13-34(14-12-33)23-10-7-19(15-22(23)26(27,28)29)31-25-30-16-18-3-2-4-21(24(18)32-25)17-5-8-20(35)9-6-17/h2-10,15-16,35H,11-14H2,1H3,(H,30,31,32). The molecule has 1 aliphatic rings. The zero-order valence-electron chi connectivity index (χ0n) is 19.0. The predicted octanol–water partition coefficient (Wildman–Crippen LogP) is 5.52. The molecule has 9 heteroatoms. The molecule has 35 heavy (non-hydrogen) atoms. The van der Waals surface area contributed by atoms with Crippen molar-refractivity contribution in [2.24, 2.45) is 0 Å². The Morgan fingerprint density at radius 3 is 2.40 bits per heavy atom. The van der Waals surface area contributed by atoms with Gasteiger partial charge in [-0.2, -0.15) is 13.2 Å². The number of fused-ring (bicyclic) bond motifs is 1. The molecule has 0 spiro atoms. The predicted molar refractivity (Wildman–Crippen MR) is 131 cm³/mol. The average molecular weight is 480 g/mol. The second-order valence-electron chi connectivity index (χ2n) is 8.63. The van der Waals surface area contributed by atoms with Crippen LogP contribution in [-0.2, 0) is 6.18 Å². The molecule has 4 aromatic rings. The van der Waals surface area contributed by atoms with Gasteiger partial charge in [0.25, 0.3) is 0 Å². The minimum atomic E-state index is -4.49. The van der Waals surface area contributed by atoms with Gasteiger partial charge < -0.3 is 20.2 Å². The second kappa shape index (κ2) is 9.07. The van der Waals surface area contributed by atoms with Crippen LogP contribution in [0.5, 0.6) is 5.75 Å². The van der Waals surface area contributed by atoms with Crippen molar-refractivity contribution in [1.29, 1.82) is 0 Å². The van der Waals surface area contributed by atoms with Crippen LogP contribution in [0.2, 0.25) is 0 Å². The lowest BCUT2D eigenvalue weighted by molar-refractivity contribution is -0.137. The summed E-state index contributed by atoms with van der Waals surface area (Å²) in [6.07, 6.45) is -2.86. The molecule has 1 fully saturated rings. The molecular formula is C26H24F3N5O. The van der Waals surface area contributed by atoms with Crippen molar-refractivity contribution in [3.05, 3.63) is 72.4 Å². The SMILES string of the molecule is CN1CCN(c2ccc(Nc3ncc4cccc(-c5ccc(O)cc5)c4n3)cc2C(F)(F)F)CC1. The van der Waals surface area contributed by atoms with Gasteiger partial charge >= 0.3 is 6.18 Å². The van der Waals surface area contributed by atoms with Gasteiger partial charge in [0.15, 0.2) is 0 Å². The van der Waals surface area contributed by atoms with Crippen molar-refractivity contribution in [1.82, 2.24) is 14.9 Å². The third-order valence-corrected chi connectivity index (χ3v) is 6.19. The van der Waals surface area contributed by atoms with E-state index in [9.17, 15) is 18.3 Å². The van der Waals surface area contributed by atoms with Crippen LogP contribution in [0.4, 0.5) is 30.5 Å². The summed E-state index contributed by atoms with van der Waals surface area (Å²) >= 11 is 0. The van der Waals surface area contributed by atoms with Gasteiger partial charge in [-0.15, -0.1) is 0 Å². The lowest BCUT2D eigenvalue weighted by Gasteiger charge is -2.35. The normalized spacial score (nSPS) is 14.9. The molecule has 2 N–H and O–H groups in total. The summed E-state index contributed by atoms with van der Waals surface area (Å²) in [4.78, 5) is 12.8. The average Bonchev–Trinajstić information content (AvgIpc) is 2.84. The number of hydrogen-bond acceptors (Lipinski definition) is 6. The first kappa shape index (κ1) is 22.9. The summed E-state index contributed by atoms with van der Waals surface area (Å²) in [7, 11) is 1.96. The molecule has 0 amide bonds. The molecule has 5 rings (SSSR count). The van der Waals surface area contributed by atoms with Gasteiger partial charge in [0.05, 0.1) is 11.1 Å². The van der Waals surface area contributed by atoms with Crippen LogP contribution in [0.3, 0.4) is 0 Å². The van der Waals surface area contributed by atoms with Crippen molar-refractivity contribution < 1.29 is 18.3 Å². The summed E-state index contributed by atoms with van der Waals surface area (Å²) in [6, 6.07) is 16.7. The number of rotatable bonds is 4. The Morgan fingerprint density at radius 2 is 1.69 bits per heavy atom. The highest BCUT2D eigenvalue weighted by molar-refractivity contribution is 5.94. The highest BCUT2D eigenvalue weighted by Crippen LogP contribution is 2.39. The molecule has 1 aromatic heterocycles. The van der Waals surface area contributed by atoms with Crippen LogP contribution >= 0.6 is 0 Å². The second-order valence-corrected chi connectivity index (χ2v) is 8.63. The van der Waals surface area contributed by atoms with E-state index in [4.69, 9.17) is 0 Å². The smallest absolute Gasteiger partial charge is 0.418 e. The molecule has 3 aromatic carbocycles. The molecule has 180 valence electrons. The third kappa shape index (κ3) is 4.85. The van der Waals surface area contributed by atoms with E-state index in [1.165, 1.54) is 6.07 Å². The Balaban J connectivity index is 1.48. The number of halogens is 3. The first-order chi connectivity index (χ1) is 16.8. The number of phenolic OH excluding ortho intramolecular Hbond substituents is 1. The molecule has 0 unspecified atom stereocenters. The highest BCUT2D eigenvalue weighted by Gasteiger charge is 2.35. The zero-order chi connectivity index (χ0) is 24.6. The number of aromatic nitrogens is 2. The number of likely N-dealkylation sites (N-methyl/N-ethyl adjacent to an activating group) is 1. The third-order valence-electron chi connectivity index (χ3n) is 6.19. The van der Waals surface area contributed by atoms with Crippen LogP contribution in [0.15, 0.2) is 66.9 Å². The van der Waals surface area contributed by atoms with Crippen molar-refractivity contribution in [3.8, 4) is 16.9 Å². The fourth-order valence-electron chi connectivity index (χ4n) is 4.28. The van der Waals surface area contributed by atoms with Crippen LogP contribution < -0.4 is 10.2 Å². The van der Waals surface area contributed by atoms with E-state index in [2.05, 4.69) is 20.2 Å². The molecule has 0 saturated carbocycles. The molecule has 1 aliphatic heterocycles. The number of nitrogens with one attached hydrogen (secondary N) is 1. The van der Waals surface area contributed by atoms with Crippen LogP contribution in [0, 0.1) is 0 Å². The van der Waals surface area contributed by atoms with Gasteiger partial charge in [-0.1, -0.05) is 30.3 Å². The van der Waals surface area contributed by atoms with Crippen molar-refractivity contribution in [2.75, 3.05) is 43.4 Å². The number of alkyl halides is 3. The number of para-hydroxylation sites is 1. The van der Waals surface area contributed by atoms with Crippen LogP contribution in [0.1, 0.15) is 5.56 Å². The number of aromatic hydroxyl groups is 1. The van der Waals surface area contributed by atoms with Gasteiger partial charge in [-0.3, -0.25) is 0 Å². The van der Waals surface area contributed by atoms with Gasteiger partial charge in [0.2, 0.25) is 5.95 Å². The van der Waals surface area contributed by atoms with E-state index in [1.54, 1.807) is 41.4 Å². The molecule has 6 nitrogen and oxygen atoms in total. The number of benzene rings is 3. The summed E-state index contributed by atoms with van der Waals surface area (Å²) in [5.41, 5.74) is 2.10. The molecule has 0 radical (unpaired) electrons. The summed E-state index contributed by atoms with van der Waals surface area (Å²) < 4.78 is 41.9. The fraction of sp³-hybridized carbons (Fsp3) is 0.231. The molecule has 0 aliphatic carbocycles. The number of hydrogen-bond donors (Lipinski definition) is 2. The van der Waals surface area contributed by atoms with Gasteiger partial charge in [0, 0.05) is 54.7 Å². The summed E-state index contributed by atoms with van der Waals surface area (Å²) in [6.45, 7) is 2.51. The Morgan fingerprint density at radius 1 is 0.943 bits per heavy atom. The molecule has 1 saturated heterocycles. The number of anilines is 3. The van der Waals surface area contributed by atoms with E-state index in [-0.39, 0.29) is 23.1 Å². The Kier molecular flexibility index (Phi) is 5.94. The Hall–Kier alpha value is -3.85. The molecule has 0 bridgehead atoms. The lowest BCUT2D eigenvalue weighted by Crippen LogP contribution is -2.45. The lowest BCUT2D eigenvalue weighted by atomic mass is 10.0. The number of nitrogens with zero attached hydrogens (tertiary/aromatic N) is 4. The first-order valence-corrected chi connectivity index (χ1v) is 11.2. The Bertz CT molecular complexity index is 1350. The monoisotopic (exact) mass is 479 g/mol. The van der Waals surface area contributed by atoms with Gasteiger partial charge in [-0.05, 0) is 42.9 Å². The number of piperazine rings is 1. The van der Waals surface area contributed by atoms with Crippen LogP contribution in [-0.4, -0.2) is 53.2 Å². The fourth-order valence-corrected chi connectivity index (χ4v) is 4.28. The minimum Gasteiger partial charge on any atom is -0.508 e. The Labute approximate surface area is 200 Å². The van der Waals surface area contributed by atoms with Crippen molar-refractivity contribution >= 4 is 28.2 Å². The maximum Gasteiger partial charge on any atom is 0.418 e. The van der Waals surface area contributed by atoms with Gasteiger partial charge in [0.1, 0.15) is 5.75 Å². The summed E-state index contributed by atoms with van der Waals surface area (Å²) in [5.74, 6) is 0.357. The molecule has 2 heterocycles. The van der Waals surface area contributed by atoms with Gasteiger partial charge in [-0.25, -0.2) is 9.97 Å². The van der Waals surface area contributed by atoms with E-state index >= 15 is 0 Å². The minimum absolute atomic E-state index is 0.159. The van der Waals surface area contributed by atoms with E-state index in [1.807, 2.05) is 25.2 Å². The maximum atomic E-state index is 14.0. The van der Waals surface area contributed by atoms with Crippen molar-refractivity contribution in [3.63, 3.8) is 0 Å². The molecular weight excluding hydrogens is 455 g/mol. The van der Waals surface area contributed by atoms with Crippen LogP contribution in [0.25, 0.3) is 22.0 Å². The van der Waals surface area contributed by atoms with E-state index < -0.39 is 11.7 Å². The van der Waals surface area contributed by atoms with Crippen molar-refractivity contribution in [2.45, 2.75) is 6.18 Å². The first-order valence-electron chi connectivity index (χ1n) is 11.2. The zero-order valence-corrected chi connectivity index (χ0v) is 19.0. The summed E-state index contributed by atoms with van der Waals surface area (Å²) in [5, 5.41) is 13.3. The number of phenols is 1. The van der Waals surface area contributed by atoms with E-state index in [0.29, 0.717) is 31.7 Å². The van der Waals surface area contributed by atoms with E-state index in [0.717, 1.165) is 22.6 Å². The largest absolute Gasteiger partial charge is 0.508 e. The topological polar surface area (TPSA) is 64.5 Å². The maximum absolute atomic E-state index is 14.0. The molecule has 0 atom stereocenters. The highest BCUT2D eigenvalue weighted by atomic mass is 19.4.